The van der Waals surface area contributed by atoms with Crippen molar-refractivity contribution in [1.29, 1.82) is 10.5 Å². The lowest BCUT2D eigenvalue weighted by Gasteiger charge is -2.15. The molecule has 36 heavy (non-hydrogen) atoms. The molecule has 0 spiro atoms. The fraction of sp³-hybridized carbons (Fsp3) is 0.111. The molecule has 0 atom stereocenters. The minimum atomic E-state index is 0.279. The van der Waals surface area contributed by atoms with Gasteiger partial charge in [0.2, 0.25) is 17.6 Å². The Labute approximate surface area is 207 Å². The van der Waals surface area contributed by atoms with E-state index in [1.165, 1.54) is 26.4 Å². The SMILES string of the molecule is COc1cc(/C=C/C#N)cc(OC)c1Oc1nc(Nc2ccc(/C=C/C#N)cc2)nc2c(C)c[nH]c12. The Morgan fingerprint density at radius 3 is 2.17 bits per heavy atom. The van der Waals surface area contributed by atoms with Crippen LogP contribution in [0.2, 0.25) is 0 Å². The van der Waals surface area contributed by atoms with Gasteiger partial charge in [0.25, 0.3) is 0 Å². The third-order valence-electron chi connectivity index (χ3n) is 5.23. The Morgan fingerprint density at radius 2 is 1.56 bits per heavy atom. The largest absolute Gasteiger partial charge is 0.493 e. The number of anilines is 2. The van der Waals surface area contributed by atoms with Gasteiger partial charge in [-0.3, -0.25) is 0 Å². The van der Waals surface area contributed by atoms with Crippen LogP contribution >= 0.6 is 0 Å². The van der Waals surface area contributed by atoms with Crippen LogP contribution in [0.4, 0.5) is 11.6 Å². The molecule has 0 unspecified atom stereocenters. The Kier molecular flexibility index (Phi) is 7.14. The summed E-state index contributed by atoms with van der Waals surface area (Å²) in [5.74, 6) is 1.78. The number of allylic oxidation sites excluding steroid dienone is 2. The van der Waals surface area contributed by atoms with Gasteiger partial charge in [0, 0.05) is 24.0 Å². The van der Waals surface area contributed by atoms with E-state index in [0.29, 0.717) is 34.2 Å². The van der Waals surface area contributed by atoms with Crippen LogP contribution < -0.4 is 19.5 Å². The van der Waals surface area contributed by atoms with Gasteiger partial charge >= 0.3 is 0 Å². The molecule has 0 amide bonds. The maximum Gasteiger partial charge on any atom is 0.249 e. The Bertz CT molecular complexity index is 1510. The zero-order valence-corrected chi connectivity index (χ0v) is 19.9. The van der Waals surface area contributed by atoms with Crippen LogP contribution in [-0.4, -0.2) is 29.2 Å². The van der Waals surface area contributed by atoms with E-state index >= 15 is 0 Å². The number of rotatable bonds is 8. The summed E-state index contributed by atoms with van der Waals surface area (Å²) in [5.41, 5.74) is 4.63. The van der Waals surface area contributed by atoms with E-state index < -0.39 is 0 Å². The van der Waals surface area contributed by atoms with Gasteiger partial charge in [-0.25, -0.2) is 4.98 Å². The Morgan fingerprint density at radius 1 is 0.917 bits per heavy atom. The summed E-state index contributed by atoms with van der Waals surface area (Å²) in [6, 6.07) is 14.9. The summed E-state index contributed by atoms with van der Waals surface area (Å²) >= 11 is 0. The zero-order valence-electron chi connectivity index (χ0n) is 19.9. The number of nitriles is 2. The topological polar surface area (TPSA) is 129 Å². The molecule has 178 valence electrons. The second-order valence-electron chi connectivity index (χ2n) is 7.58. The lowest BCUT2D eigenvalue weighted by Crippen LogP contribution is -2.02. The van der Waals surface area contributed by atoms with E-state index in [4.69, 9.17) is 24.7 Å². The van der Waals surface area contributed by atoms with Crippen LogP contribution in [0.1, 0.15) is 16.7 Å². The lowest BCUT2D eigenvalue weighted by molar-refractivity contribution is 0.343. The summed E-state index contributed by atoms with van der Waals surface area (Å²) in [5, 5.41) is 20.8. The molecule has 2 N–H and O–H groups in total. The number of aromatic amines is 1. The zero-order chi connectivity index (χ0) is 25.5. The normalized spacial score (nSPS) is 10.9. The van der Waals surface area contributed by atoms with Gasteiger partial charge in [-0.05, 0) is 60.0 Å². The Hall–Kier alpha value is -5.28. The van der Waals surface area contributed by atoms with Gasteiger partial charge in [-0.2, -0.15) is 15.5 Å². The van der Waals surface area contributed by atoms with E-state index in [-0.39, 0.29) is 5.88 Å². The molecular formula is C27H22N6O3. The average Bonchev–Trinajstić information content (AvgIpc) is 3.28. The van der Waals surface area contributed by atoms with Gasteiger partial charge in [-0.1, -0.05) is 12.1 Å². The molecule has 0 saturated carbocycles. The number of hydrogen-bond donors (Lipinski definition) is 2. The second-order valence-corrected chi connectivity index (χ2v) is 7.58. The number of aryl methyl sites for hydroxylation is 1. The first-order valence-corrected chi connectivity index (χ1v) is 10.8. The molecule has 4 rings (SSSR count). The number of hydrogen-bond acceptors (Lipinski definition) is 8. The highest BCUT2D eigenvalue weighted by Crippen LogP contribution is 2.43. The van der Waals surface area contributed by atoms with Crippen molar-refractivity contribution in [2.75, 3.05) is 19.5 Å². The summed E-state index contributed by atoms with van der Waals surface area (Å²) < 4.78 is 17.3. The second kappa shape index (κ2) is 10.8. The molecule has 0 saturated heterocycles. The van der Waals surface area contributed by atoms with Crippen LogP contribution in [-0.2, 0) is 0 Å². The number of nitrogens with zero attached hydrogens (tertiary/aromatic N) is 4. The lowest BCUT2D eigenvalue weighted by atomic mass is 10.1. The quantitative estimate of drug-likeness (QED) is 0.300. The van der Waals surface area contributed by atoms with E-state index in [9.17, 15) is 0 Å². The van der Waals surface area contributed by atoms with E-state index in [2.05, 4.69) is 20.3 Å². The van der Waals surface area contributed by atoms with Crippen molar-refractivity contribution in [3.63, 3.8) is 0 Å². The third-order valence-corrected chi connectivity index (χ3v) is 5.23. The fourth-order valence-corrected chi connectivity index (χ4v) is 3.50. The summed E-state index contributed by atoms with van der Waals surface area (Å²) in [4.78, 5) is 12.4. The number of fused-ring (bicyclic) bond motifs is 1. The number of aromatic nitrogens is 3. The monoisotopic (exact) mass is 478 g/mol. The third kappa shape index (κ3) is 5.11. The first-order chi connectivity index (χ1) is 17.6. The van der Waals surface area contributed by atoms with E-state index in [1.807, 2.05) is 49.5 Å². The number of H-pyrrole nitrogens is 1. The van der Waals surface area contributed by atoms with Crippen LogP contribution in [0.3, 0.4) is 0 Å². The predicted molar refractivity (Wildman–Crippen MR) is 137 cm³/mol. The Balaban J connectivity index is 1.73. The number of ether oxygens (including phenoxy) is 3. The van der Waals surface area contributed by atoms with Crippen LogP contribution in [0, 0.1) is 29.6 Å². The molecule has 0 aliphatic rings. The van der Waals surface area contributed by atoms with Crippen molar-refractivity contribution in [3.05, 3.63) is 71.4 Å². The van der Waals surface area contributed by atoms with Crippen molar-refractivity contribution >= 4 is 34.8 Å². The molecule has 0 aliphatic heterocycles. The number of nitrogens with one attached hydrogen (secondary N) is 2. The highest BCUT2D eigenvalue weighted by Gasteiger charge is 2.19. The smallest absolute Gasteiger partial charge is 0.249 e. The van der Waals surface area contributed by atoms with Gasteiger partial charge in [0.1, 0.15) is 11.0 Å². The average molecular weight is 479 g/mol. The van der Waals surface area contributed by atoms with Gasteiger partial charge in [-0.15, -0.1) is 0 Å². The van der Waals surface area contributed by atoms with Gasteiger partial charge < -0.3 is 24.5 Å². The molecule has 0 fully saturated rings. The first kappa shape index (κ1) is 23.9. The fourth-order valence-electron chi connectivity index (χ4n) is 3.50. The number of benzene rings is 2. The van der Waals surface area contributed by atoms with Gasteiger partial charge in [0.05, 0.1) is 26.4 Å². The molecule has 2 aromatic carbocycles. The highest BCUT2D eigenvalue weighted by atomic mass is 16.5. The maximum atomic E-state index is 8.85. The summed E-state index contributed by atoms with van der Waals surface area (Å²) in [6.45, 7) is 1.94. The molecule has 2 aromatic heterocycles. The molecule has 0 bridgehead atoms. The van der Waals surface area contributed by atoms with Crippen molar-refractivity contribution in [2.24, 2.45) is 0 Å². The molecule has 2 heterocycles. The summed E-state index contributed by atoms with van der Waals surface area (Å²) in [7, 11) is 3.05. The molecular weight excluding hydrogens is 456 g/mol. The van der Waals surface area contributed by atoms with E-state index in [0.717, 1.165) is 22.4 Å². The van der Waals surface area contributed by atoms with Crippen LogP contribution in [0.25, 0.3) is 23.2 Å². The molecule has 0 radical (unpaired) electrons. The maximum absolute atomic E-state index is 8.85. The standard InChI is InChI=1S/C27H22N6O3/c1-17-16-30-24-23(17)32-27(31-20-10-8-18(9-11-20)6-4-12-28)33-26(24)36-25-21(34-2)14-19(7-5-13-29)15-22(25)35-3/h4-11,14-16,30H,1-3H3,(H,31,32,33)/b6-4+,7-5+. The predicted octanol–water partition coefficient (Wildman–Crippen LogP) is 5.89. The van der Waals surface area contributed by atoms with Crippen molar-refractivity contribution in [3.8, 4) is 35.3 Å². The van der Waals surface area contributed by atoms with Crippen molar-refractivity contribution in [1.82, 2.24) is 15.0 Å². The van der Waals surface area contributed by atoms with Gasteiger partial charge in [0.15, 0.2) is 11.5 Å². The summed E-state index contributed by atoms with van der Waals surface area (Å²) in [6.07, 6.45) is 8.00. The molecule has 4 aromatic rings. The minimum Gasteiger partial charge on any atom is -0.493 e. The molecule has 0 aliphatic carbocycles. The van der Waals surface area contributed by atoms with Crippen LogP contribution in [0.15, 0.2) is 54.7 Å². The minimum absolute atomic E-state index is 0.279. The molecule has 9 heteroatoms. The first-order valence-electron chi connectivity index (χ1n) is 10.8. The van der Waals surface area contributed by atoms with Crippen molar-refractivity contribution < 1.29 is 14.2 Å². The highest BCUT2D eigenvalue weighted by molar-refractivity contribution is 5.85. The van der Waals surface area contributed by atoms with Crippen molar-refractivity contribution in [2.45, 2.75) is 6.92 Å². The molecule has 9 nitrogen and oxygen atoms in total. The number of methoxy groups -OCH3 is 2. The van der Waals surface area contributed by atoms with Crippen LogP contribution in [0.5, 0.6) is 23.1 Å². The van der Waals surface area contributed by atoms with E-state index in [1.54, 1.807) is 24.3 Å².